The molecule has 1 aliphatic rings. The van der Waals surface area contributed by atoms with Crippen LogP contribution in [0, 0.1) is 0 Å². The van der Waals surface area contributed by atoms with Crippen LogP contribution in [0.15, 0.2) is 46.9 Å². The second-order valence-electron chi connectivity index (χ2n) is 5.16. The van der Waals surface area contributed by atoms with Gasteiger partial charge in [-0.1, -0.05) is 28.1 Å². The molecule has 0 spiro atoms. The Morgan fingerprint density at radius 1 is 1.10 bits per heavy atom. The summed E-state index contributed by atoms with van der Waals surface area (Å²) in [5.41, 5.74) is 2.29. The molecule has 0 saturated heterocycles. The molecular weight excluding hydrogens is 343 g/mol. The smallest absolute Gasteiger partial charge is 0.378 e. The molecule has 110 valence electrons. The van der Waals surface area contributed by atoms with Gasteiger partial charge in [-0.15, -0.1) is 0 Å². The SMILES string of the molecule is FC(F)(F)c1cccc(NC2CCc3cc(Br)ccc32)c1. The fourth-order valence-electron chi connectivity index (χ4n) is 2.72. The minimum Gasteiger partial charge on any atom is -0.378 e. The summed E-state index contributed by atoms with van der Waals surface area (Å²) < 4.78 is 39.2. The molecule has 0 fully saturated rings. The third kappa shape index (κ3) is 3.07. The van der Waals surface area contributed by atoms with E-state index in [0.717, 1.165) is 35.0 Å². The fourth-order valence-corrected chi connectivity index (χ4v) is 3.13. The zero-order valence-corrected chi connectivity index (χ0v) is 12.6. The number of benzene rings is 2. The average Bonchev–Trinajstić information content (AvgIpc) is 2.80. The predicted octanol–water partition coefficient (Wildman–Crippen LogP) is 5.57. The van der Waals surface area contributed by atoms with E-state index in [-0.39, 0.29) is 6.04 Å². The Hall–Kier alpha value is -1.49. The van der Waals surface area contributed by atoms with Crippen LogP contribution in [-0.2, 0) is 12.6 Å². The molecule has 1 N–H and O–H groups in total. The number of halogens is 4. The summed E-state index contributed by atoms with van der Waals surface area (Å²) in [6.07, 6.45) is -2.48. The first-order valence-electron chi connectivity index (χ1n) is 6.65. The molecule has 21 heavy (non-hydrogen) atoms. The van der Waals surface area contributed by atoms with Crippen molar-refractivity contribution in [2.24, 2.45) is 0 Å². The number of aryl methyl sites for hydroxylation is 1. The first-order chi connectivity index (χ1) is 9.93. The third-order valence-corrected chi connectivity index (χ3v) is 4.21. The van der Waals surface area contributed by atoms with Crippen LogP contribution in [-0.4, -0.2) is 0 Å². The molecule has 1 nitrogen and oxygen atoms in total. The van der Waals surface area contributed by atoms with Crippen LogP contribution >= 0.6 is 15.9 Å². The molecule has 1 unspecified atom stereocenters. The van der Waals surface area contributed by atoms with E-state index >= 15 is 0 Å². The molecule has 0 aliphatic heterocycles. The molecule has 0 saturated carbocycles. The van der Waals surface area contributed by atoms with Gasteiger partial charge in [0.1, 0.15) is 0 Å². The van der Waals surface area contributed by atoms with Gasteiger partial charge < -0.3 is 5.32 Å². The number of fused-ring (bicyclic) bond motifs is 1. The van der Waals surface area contributed by atoms with Gasteiger partial charge >= 0.3 is 6.18 Å². The highest BCUT2D eigenvalue weighted by molar-refractivity contribution is 9.10. The Balaban J connectivity index is 1.83. The van der Waals surface area contributed by atoms with Crippen molar-refractivity contribution in [3.8, 4) is 0 Å². The van der Waals surface area contributed by atoms with Crippen LogP contribution in [0.5, 0.6) is 0 Å². The lowest BCUT2D eigenvalue weighted by atomic mass is 10.1. The summed E-state index contributed by atoms with van der Waals surface area (Å²) in [6, 6.07) is 11.5. The molecule has 1 aliphatic carbocycles. The summed E-state index contributed by atoms with van der Waals surface area (Å²) in [5.74, 6) is 0. The van der Waals surface area contributed by atoms with E-state index in [4.69, 9.17) is 0 Å². The largest absolute Gasteiger partial charge is 0.416 e. The molecule has 1 atom stereocenters. The highest BCUT2D eigenvalue weighted by Crippen LogP contribution is 2.36. The topological polar surface area (TPSA) is 12.0 Å². The average molecular weight is 356 g/mol. The Kier molecular flexibility index (Phi) is 3.69. The number of alkyl halides is 3. The summed E-state index contributed by atoms with van der Waals surface area (Å²) in [5, 5.41) is 3.21. The van der Waals surface area contributed by atoms with Gasteiger partial charge in [-0.05, 0) is 54.3 Å². The molecule has 0 bridgehead atoms. The van der Waals surface area contributed by atoms with Crippen LogP contribution in [0.3, 0.4) is 0 Å². The van der Waals surface area contributed by atoms with Crippen molar-refractivity contribution < 1.29 is 13.2 Å². The Labute approximate surface area is 129 Å². The van der Waals surface area contributed by atoms with Crippen molar-refractivity contribution in [3.05, 3.63) is 63.6 Å². The van der Waals surface area contributed by atoms with Gasteiger partial charge in [0.05, 0.1) is 11.6 Å². The highest BCUT2D eigenvalue weighted by Gasteiger charge is 2.31. The Morgan fingerprint density at radius 3 is 2.67 bits per heavy atom. The van der Waals surface area contributed by atoms with Crippen molar-refractivity contribution in [1.29, 1.82) is 0 Å². The quantitative estimate of drug-likeness (QED) is 0.742. The van der Waals surface area contributed by atoms with Crippen molar-refractivity contribution in [2.45, 2.75) is 25.1 Å². The number of nitrogens with one attached hydrogen (secondary N) is 1. The van der Waals surface area contributed by atoms with E-state index in [1.807, 2.05) is 12.1 Å². The number of anilines is 1. The standard InChI is InChI=1S/C16H13BrF3N/c17-12-5-6-14-10(8-12)4-7-15(14)21-13-3-1-2-11(9-13)16(18,19)20/h1-3,5-6,8-9,15,21H,4,7H2. The molecular formula is C16H13BrF3N. The lowest BCUT2D eigenvalue weighted by Crippen LogP contribution is -2.09. The van der Waals surface area contributed by atoms with Gasteiger partial charge in [-0.3, -0.25) is 0 Å². The van der Waals surface area contributed by atoms with Crippen LogP contribution < -0.4 is 5.32 Å². The lowest BCUT2D eigenvalue weighted by Gasteiger charge is -2.17. The van der Waals surface area contributed by atoms with E-state index in [1.54, 1.807) is 6.07 Å². The molecule has 2 aromatic carbocycles. The Morgan fingerprint density at radius 2 is 1.90 bits per heavy atom. The van der Waals surface area contributed by atoms with Crippen molar-refractivity contribution in [3.63, 3.8) is 0 Å². The van der Waals surface area contributed by atoms with E-state index in [0.29, 0.717) is 5.69 Å². The number of hydrogen-bond acceptors (Lipinski definition) is 1. The molecule has 0 amide bonds. The predicted molar refractivity (Wildman–Crippen MR) is 80.3 cm³/mol. The van der Waals surface area contributed by atoms with Crippen molar-refractivity contribution in [2.75, 3.05) is 5.32 Å². The van der Waals surface area contributed by atoms with Crippen LogP contribution in [0.25, 0.3) is 0 Å². The molecule has 3 rings (SSSR count). The summed E-state index contributed by atoms with van der Waals surface area (Å²) in [6.45, 7) is 0. The van der Waals surface area contributed by atoms with Crippen LogP contribution in [0.4, 0.5) is 18.9 Å². The summed E-state index contributed by atoms with van der Waals surface area (Å²) in [4.78, 5) is 0. The van der Waals surface area contributed by atoms with Crippen LogP contribution in [0.2, 0.25) is 0 Å². The molecule has 0 heterocycles. The first-order valence-corrected chi connectivity index (χ1v) is 7.45. The summed E-state index contributed by atoms with van der Waals surface area (Å²) >= 11 is 3.44. The van der Waals surface area contributed by atoms with Gasteiger partial charge in [0.2, 0.25) is 0 Å². The number of hydrogen-bond donors (Lipinski definition) is 1. The van der Waals surface area contributed by atoms with E-state index in [9.17, 15) is 13.2 Å². The third-order valence-electron chi connectivity index (χ3n) is 3.71. The maximum atomic E-state index is 12.7. The lowest BCUT2D eigenvalue weighted by molar-refractivity contribution is -0.137. The fraction of sp³-hybridized carbons (Fsp3) is 0.250. The monoisotopic (exact) mass is 355 g/mol. The van der Waals surface area contributed by atoms with Gasteiger partial charge in [0.15, 0.2) is 0 Å². The molecule has 0 radical (unpaired) electrons. The zero-order valence-electron chi connectivity index (χ0n) is 11.0. The highest BCUT2D eigenvalue weighted by atomic mass is 79.9. The second-order valence-corrected chi connectivity index (χ2v) is 6.07. The molecule has 0 aromatic heterocycles. The van der Waals surface area contributed by atoms with Crippen molar-refractivity contribution >= 4 is 21.6 Å². The second kappa shape index (κ2) is 5.37. The summed E-state index contributed by atoms with van der Waals surface area (Å²) in [7, 11) is 0. The maximum Gasteiger partial charge on any atom is 0.416 e. The normalized spacial score (nSPS) is 17.6. The van der Waals surface area contributed by atoms with Gasteiger partial charge in [0, 0.05) is 10.2 Å². The maximum absolute atomic E-state index is 12.7. The van der Waals surface area contributed by atoms with Crippen molar-refractivity contribution in [1.82, 2.24) is 0 Å². The minimum atomic E-state index is -4.31. The van der Waals surface area contributed by atoms with E-state index < -0.39 is 11.7 Å². The first kappa shape index (κ1) is 14.4. The van der Waals surface area contributed by atoms with E-state index in [2.05, 4.69) is 27.3 Å². The van der Waals surface area contributed by atoms with Gasteiger partial charge in [-0.25, -0.2) is 0 Å². The Bertz CT molecular complexity index is 667. The zero-order chi connectivity index (χ0) is 15.0. The molecule has 2 aromatic rings. The van der Waals surface area contributed by atoms with E-state index in [1.165, 1.54) is 11.6 Å². The van der Waals surface area contributed by atoms with Gasteiger partial charge in [-0.2, -0.15) is 13.2 Å². The minimum absolute atomic E-state index is 0.0663. The van der Waals surface area contributed by atoms with Gasteiger partial charge in [0.25, 0.3) is 0 Å². The molecule has 5 heteroatoms. The van der Waals surface area contributed by atoms with Crippen LogP contribution in [0.1, 0.15) is 29.2 Å². The number of rotatable bonds is 2.